The van der Waals surface area contributed by atoms with E-state index in [1.807, 2.05) is 32.0 Å². The fraction of sp³-hybridized carbons (Fsp3) is 0.310. The number of aryl methyl sites for hydroxylation is 1. The summed E-state index contributed by atoms with van der Waals surface area (Å²) in [6.07, 6.45) is 4.44. The van der Waals surface area contributed by atoms with Gasteiger partial charge in [0.15, 0.2) is 0 Å². The van der Waals surface area contributed by atoms with Crippen LogP contribution < -0.4 is 0 Å². The lowest BCUT2D eigenvalue weighted by Crippen LogP contribution is -2.43. The van der Waals surface area contributed by atoms with E-state index >= 15 is 0 Å². The number of hydrogen-bond donors (Lipinski definition) is 2. The van der Waals surface area contributed by atoms with Crippen molar-refractivity contribution in [2.24, 2.45) is 5.41 Å². The smallest absolute Gasteiger partial charge is 0.333 e. The molecule has 0 saturated carbocycles. The molecule has 0 fully saturated rings. The normalized spacial score (nSPS) is 23.4. The summed E-state index contributed by atoms with van der Waals surface area (Å²) in [7, 11) is 0. The SMILES string of the molecule is Cc1ccc(Cl)cc1C1=CCN(C(C)C2=CC(C)(C(=O)O)C(c3ccc(F)cc3)C(C(=O)O)=C2Cl)CC1. The number of nitrogens with zero attached hydrogens (tertiary/aromatic N) is 1. The Bertz CT molecular complexity index is 1350. The maximum Gasteiger partial charge on any atom is 0.333 e. The summed E-state index contributed by atoms with van der Waals surface area (Å²) < 4.78 is 13.6. The second-order valence-electron chi connectivity index (χ2n) is 9.81. The van der Waals surface area contributed by atoms with Crippen molar-refractivity contribution >= 4 is 40.7 Å². The van der Waals surface area contributed by atoms with Crippen LogP contribution in [0, 0.1) is 18.2 Å². The molecule has 1 aliphatic heterocycles. The Kier molecular flexibility index (Phi) is 7.65. The standard InChI is InChI=1S/C29H28Cl2FNO4/c1-16-4-7-20(30)14-22(16)18-10-12-33(13-11-18)17(2)23-15-29(3,28(36)37)25(24(26(23)31)27(34)35)19-5-8-21(32)9-6-19/h4-10,14-15,17,25H,11-13H2,1-3H3,(H,34,35)(H,36,37). The number of rotatable bonds is 6. The molecule has 1 aliphatic carbocycles. The topological polar surface area (TPSA) is 77.8 Å². The van der Waals surface area contributed by atoms with Crippen LogP contribution in [0.15, 0.2) is 70.8 Å². The third kappa shape index (κ3) is 5.11. The van der Waals surface area contributed by atoms with Gasteiger partial charge in [-0.05, 0) is 79.3 Å². The molecule has 5 nitrogen and oxygen atoms in total. The van der Waals surface area contributed by atoms with Crippen LogP contribution in [-0.2, 0) is 9.59 Å². The Hall–Kier alpha value is -2.93. The first-order valence-electron chi connectivity index (χ1n) is 12.0. The van der Waals surface area contributed by atoms with Gasteiger partial charge in [0.25, 0.3) is 0 Å². The van der Waals surface area contributed by atoms with E-state index in [4.69, 9.17) is 23.2 Å². The van der Waals surface area contributed by atoms with Crippen molar-refractivity contribution in [3.8, 4) is 0 Å². The van der Waals surface area contributed by atoms with Gasteiger partial charge in [0.2, 0.25) is 0 Å². The van der Waals surface area contributed by atoms with Crippen LogP contribution in [0.3, 0.4) is 0 Å². The predicted octanol–water partition coefficient (Wildman–Crippen LogP) is 6.66. The second-order valence-corrected chi connectivity index (χ2v) is 10.6. The lowest BCUT2D eigenvalue weighted by molar-refractivity contribution is -0.146. The van der Waals surface area contributed by atoms with Gasteiger partial charge in [0, 0.05) is 30.1 Å². The van der Waals surface area contributed by atoms with E-state index in [9.17, 15) is 24.2 Å². The summed E-state index contributed by atoms with van der Waals surface area (Å²) in [6.45, 7) is 6.68. The van der Waals surface area contributed by atoms with Gasteiger partial charge in [0.05, 0.1) is 16.0 Å². The van der Waals surface area contributed by atoms with Crippen LogP contribution in [0.4, 0.5) is 4.39 Å². The molecule has 2 aliphatic rings. The largest absolute Gasteiger partial charge is 0.481 e. The molecule has 2 aromatic carbocycles. The van der Waals surface area contributed by atoms with Crippen molar-refractivity contribution in [1.29, 1.82) is 0 Å². The minimum atomic E-state index is -1.61. The number of aliphatic carboxylic acids is 2. The van der Waals surface area contributed by atoms with Gasteiger partial charge in [-0.1, -0.05) is 53.6 Å². The highest BCUT2D eigenvalue weighted by molar-refractivity contribution is 6.34. The molecule has 0 aromatic heterocycles. The van der Waals surface area contributed by atoms with Crippen molar-refractivity contribution in [3.05, 3.63) is 98.3 Å². The van der Waals surface area contributed by atoms with Crippen LogP contribution in [0.2, 0.25) is 5.02 Å². The van der Waals surface area contributed by atoms with Crippen LogP contribution in [0.1, 0.15) is 42.9 Å². The average Bonchev–Trinajstić information content (AvgIpc) is 2.86. The first kappa shape index (κ1) is 27.1. The predicted molar refractivity (Wildman–Crippen MR) is 143 cm³/mol. The number of carboxylic acid groups (broad SMARTS) is 2. The zero-order chi connectivity index (χ0) is 27.1. The van der Waals surface area contributed by atoms with Gasteiger partial charge in [0.1, 0.15) is 5.82 Å². The van der Waals surface area contributed by atoms with Crippen molar-refractivity contribution in [2.45, 2.75) is 39.2 Å². The molecule has 0 radical (unpaired) electrons. The Morgan fingerprint density at radius 2 is 1.81 bits per heavy atom. The maximum absolute atomic E-state index is 13.6. The number of carbonyl (C=O) groups is 2. The fourth-order valence-corrected chi connectivity index (χ4v) is 5.92. The summed E-state index contributed by atoms with van der Waals surface area (Å²) in [6, 6.07) is 10.7. The quantitative estimate of drug-likeness (QED) is 0.426. The molecule has 2 N–H and O–H groups in total. The Morgan fingerprint density at radius 3 is 2.38 bits per heavy atom. The number of halogens is 3. The molecule has 3 atom stereocenters. The van der Waals surface area contributed by atoms with Crippen molar-refractivity contribution in [2.75, 3.05) is 13.1 Å². The first-order valence-corrected chi connectivity index (χ1v) is 12.7. The van der Waals surface area contributed by atoms with Crippen LogP contribution >= 0.6 is 23.2 Å². The van der Waals surface area contributed by atoms with Crippen LogP contribution in [-0.4, -0.2) is 46.2 Å². The number of carboxylic acids is 2. The molecule has 37 heavy (non-hydrogen) atoms. The van der Waals surface area contributed by atoms with Crippen molar-refractivity contribution in [3.63, 3.8) is 0 Å². The lowest BCUT2D eigenvalue weighted by atomic mass is 9.65. The summed E-state index contributed by atoms with van der Waals surface area (Å²) in [5.41, 5.74) is 2.43. The number of hydrogen-bond acceptors (Lipinski definition) is 3. The van der Waals surface area contributed by atoms with E-state index < -0.39 is 29.1 Å². The second kappa shape index (κ2) is 10.4. The molecule has 0 amide bonds. The highest BCUT2D eigenvalue weighted by atomic mass is 35.5. The molecular formula is C29H28Cl2FNO4. The van der Waals surface area contributed by atoms with Gasteiger partial charge >= 0.3 is 11.9 Å². The third-order valence-electron chi connectivity index (χ3n) is 7.51. The van der Waals surface area contributed by atoms with Gasteiger partial charge in [-0.2, -0.15) is 0 Å². The summed E-state index contributed by atoms with van der Waals surface area (Å²) >= 11 is 12.9. The highest BCUT2D eigenvalue weighted by Gasteiger charge is 2.49. The summed E-state index contributed by atoms with van der Waals surface area (Å²) in [4.78, 5) is 27.2. The Balaban J connectivity index is 1.71. The Morgan fingerprint density at radius 1 is 1.14 bits per heavy atom. The molecule has 0 spiro atoms. The zero-order valence-corrected chi connectivity index (χ0v) is 22.3. The minimum absolute atomic E-state index is 0.0218. The highest BCUT2D eigenvalue weighted by Crippen LogP contribution is 2.51. The average molecular weight is 544 g/mol. The van der Waals surface area contributed by atoms with Gasteiger partial charge < -0.3 is 10.2 Å². The van der Waals surface area contributed by atoms with E-state index in [2.05, 4.69) is 11.0 Å². The third-order valence-corrected chi connectivity index (χ3v) is 8.17. The van der Waals surface area contributed by atoms with Crippen LogP contribution in [0.5, 0.6) is 0 Å². The monoisotopic (exact) mass is 543 g/mol. The first-order chi connectivity index (χ1) is 17.4. The molecule has 1 heterocycles. The molecule has 8 heteroatoms. The Labute approximate surface area is 225 Å². The number of benzene rings is 2. The lowest BCUT2D eigenvalue weighted by Gasteiger charge is -2.41. The van der Waals surface area contributed by atoms with Gasteiger partial charge in [-0.15, -0.1) is 0 Å². The van der Waals surface area contributed by atoms with Crippen molar-refractivity contribution in [1.82, 2.24) is 4.90 Å². The summed E-state index contributed by atoms with van der Waals surface area (Å²) in [5, 5.41) is 21.1. The molecule has 0 saturated heterocycles. The van der Waals surface area contributed by atoms with E-state index in [0.29, 0.717) is 29.2 Å². The molecule has 0 bridgehead atoms. The van der Waals surface area contributed by atoms with E-state index in [1.54, 1.807) is 6.08 Å². The van der Waals surface area contributed by atoms with E-state index in [0.717, 1.165) is 17.5 Å². The minimum Gasteiger partial charge on any atom is -0.481 e. The molecule has 194 valence electrons. The zero-order valence-electron chi connectivity index (χ0n) is 20.8. The van der Waals surface area contributed by atoms with Crippen LogP contribution in [0.25, 0.3) is 5.57 Å². The fourth-order valence-electron chi connectivity index (χ4n) is 5.34. The molecule has 3 unspecified atom stereocenters. The van der Waals surface area contributed by atoms with Gasteiger partial charge in [-0.3, -0.25) is 9.69 Å². The maximum atomic E-state index is 13.6. The van der Waals surface area contributed by atoms with Gasteiger partial charge in [-0.25, -0.2) is 9.18 Å². The van der Waals surface area contributed by atoms with Crippen molar-refractivity contribution < 1.29 is 24.2 Å². The van der Waals surface area contributed by atoms with E-state index in [1.165, 1.54) is 36.8 Å². The molecular weight excluding hydrogens is 516 g/mol. The van der Waals surface area contributed by atoms with E-state index in [-0.39, 0.29) is 16.6 Å². The summed E-state index contributed by atoms with van der Waals surface area (Å²) in [5.74, 6) is -4.09. The molecule has 2 aromatic rings. The molecule has 4 rings (SSSR count).